The van der Waals surface area contributed by atoms with E-state index in [1.165, 1.54) is 6.92 Å². The average Bonchev–Trinajstić information content (AvgIpc) is 3.35. The molecular weight excluding hydrogens is 368 g/mol. The summed E-state index contributed by atoms with van der Waals surface area (Å²) in [4.78, 5) is 11.3. The van der Waals surface area contributed by atoms with Crippen molar-refractivity contribution in [2.45, 2.75) is 20.1 Å². The molecular formula is C21H18N6O2. The number of benzene rings is 2. The molecule has 8 nitrogen and oxygen atoms in total. The summed E-state index contributed by atoms with van der Waals surface area (Å²) in [5.74, 6) is 0.659. The lowest BCUT2D eigenvalue weighted by Gasteiger charge is -2.09. The largest absolute Gasteiger partial charge is 0.487 e. The molecule has 144 valence electrons. The number of hydrogen-bond acceptors (Lipinski definition) is 5. The minimum absolute atomic E-state index is 0.106. The van der Waals surface area contributed by atoms with Crippen molar-refractivity contribution in [1.29, 1.82) is 0 Å². The molecule has 4 aromatic rings. The van der Waals surface area contributed by atoms with Crippen LogP contribution in [0.1, 0.15) is 18.2 Å². The molecule has 0 bridgehead atoms. The number of ether oxygens (including phenoxy) is 1. The molecule has 1 N–H and O–H groups in total. The van der Waals surface area contributed by atoms with Gasteiger partial charge in [-0.05, 0) is 24.3 Å². The molecule has 0 unspecified atom stereocenters. The number of carbonyl (C=O) groups excluding carboxylic acids is 1. The summed E-state index contributed by atoms with van der Waals surface area (Å²) in [7, 11) is 0. The Balaban J connectivity index is 1.40. The molecule has 1 amide bonds. The number of fused-ring (bicyclic) bond motifs is 2. The zero-order chi connectivity index (χ0) is 19.8. The number of amides is 1. The van der Waals surface area contributed by atoms with E-state index in [1.54, 1.807) is 17.1 Å². The molecule has 8 heteroatoms. The van der Waals surface area contributed by atoms with Crippen molar-refractivity contribution < 1.29 is 9.53 Å². The van der Waals surface area contributed by atoms with Crippen LogP contribution in [0, 0.1) is 0 Å². The first kappa shape index (κ1) is 17.2. The first-order valence-corrected chi connectivity index (χ1v) is 9.23. The van der Waals surface area contributed by atoms with Crippen molar-refractivity contribution >= 4 is 11.6 Å². The molecule has 5 rings (SSSR count). The molecule has 2 aromatic carbocycles. The summed E-state index contributed by atoms with van der Waals surface area (Å²) in [5, 5.41) is 15.4. The third kappa shape index (κ3) is 3.36. The number of hydrogen-bond donors (Lipinski definition) is 1. The fourth-order valence-electron chi connectivity index (χ4n) is 3.39. The van der Waals surface area contributed by atoms with Crippen LogP contribution in [0.4, 0.5) is 5.69 Å². The Morgan fingerprint density at radius 2 is 2.00 bits per heavy atom. The van der Waals surface area contributed by atoms with E-state index in [9.17, 15) is 4.79 Å². The maximum atomic E-state index is 11.3. The highest BCUT2D eigenvalue weighted by atomic mass is 16.5. The van der Waals surface area contributed by atoms with E-state index >= 15 is 0 Å². The highest BCUT2D eigenvalue weighted by molar-refractivity contribution is 5.88. The van der Waals surface area contributed by atoms with Gasteiger partial charge >= 0.3 is 0 Å². The van der Waals surface area contributed by atoms with Crippen LogP contribution in [0.3, 0.4) is 0 Å². The third-order valence-corrected chi connectivity index (χ3v) is 4.80. The molecule has 29 heavy (non-hydrogen) atoms. The monoisotopic (exact) mass is 386 g/mol. The minimum atomic E-state index is -0.106. The zero-order valence-corrected chi connectivity index (χ0v) is 15.7. The van der Waals surface area contributed by atoms with Gasteiger partial charge in [-0.25, -0.2) is 4.68 Å². The summed E-state index contributed by atoms with van der Waals surface area (Å²) in [5.41, 5.74) is 5.61. The summed E-state index contributed by atoms with van der Waals surface area (Å²) < 4.78 is 9.66. The molecule has 0 radical (unpaired) electrons. The van der Waals surface area contributed by atoms with Crippen LogP contribution in [0.2, 0.25) is 0 Å². The van der Waals surface area contributed by atoms with Gasteiger partial charge in [0.25, 0.3) is 0 Å². The summed E-state index contributed by atoms with van der Waals surface area (Å²) in [6.07, 6.45) is 3.46. The molecule has 1 aliphatic rings. The molecule has 0 aliphatic carbocycles. The Bertz CT molecular complexity index is 1180. The Morgan fingerprint density at radius 1 is 1.14 bits per heavy atom. The van der Waals surface area contributed by atoms with E-state index in [0.717, 1.165) is 39.6 Å². The third-order valence-electron chi connectivity index (χ3n) is 4.80. The van der Waals surface area contributed by atoms with E-state index in [1.807, 2.05) is 53.2 Å². The van der Waals surface area contributed by atoms with Gasteiger partial charge in [0.05, 0.1) is 36.0 Å². The minimum Gasteiger partial charge on any atom is -0.487 e. The van der Waals surface area contributed by atoms with Gasteiger partial charge in [-0.1, -0.05) is 23.4 Å². The molecule has 2 aromatic heterocycles. The highest BCUT2D eigenvalue weighted by Gasteiger charge is 2.17. The van der Waals surface area contributed by atoms with Gasteiger partial charge in [-0.15, -0.1) is 5.10 Å². The standard InChI is InChI=1S/C21H18N6O2/c1-14(28)23-17-5-2-16-12-27-19(13-29-21(16)10-17)11-20(24-27)15-3-6-18(7-4-15)26-9-8-22-25-26/h2-11H,12-13H2,1H3,(H,23,28). The van der Waals surface area contributed by atoms with Crippen molar-refractivity contribution in [3.8, 4) is 22.7 Å². The summed E-state index contributed by atoms with van der Waals surface area (Å²) in [6.45, 7) is 2.52. The SMILES string of the molecule is CC(=O)Nc1ccc2c(c1)OCc1cc(-c3ccc(-n4ccnn4)cc3)nn1C2. The lowest BCUT2D eigenvalue weighted by Crippen LogP contribution is -2.06. The maximum Gasteiger partial charge on any atom is 0.221 e. The van der Waals surface area contributed by atoms with Gasteiger partial charge in [0.15, 0.2) is 0 Å². The number of carbonyl (C=O) groups is 1. The molecule has 3 heterocycles. The van der Waals surface area contributed by atoms with E-state index in [4.69, 9.17) is 9.84 Å². The Labute approximate surface area is 166 Å². The van der Waals surface area contributed by atoms with Gasteiger partial charge < -0.3 is 10.1 Å². The highest BCUT2D eigenvalue weighted by Crippen LogP contribution is 2.30. The molecule has 0 saturated carbocycles. The summed E-state index contributed by atoms with van der Waals surface area (Å²) in [6, 6.07) is 15.8. The van der Waals surface area contributed by atoms with Crippen molar-refractivity contribution in [2.75, 3.05) is 5.32 Å². The molecule has 1 aliphatic heterocycles. The van der Waals surface area contributed by atoms with Crippen molar-refractivity contribution in [2.24, 2.45) is 0 Å². The number of rotatable bonds is 3. The Kier molecular flexibility index (Phi) is 4.09. The topological polar surface area (TPSA) is 86.9 Å². The van der Waals surface area contributed by atoms with E-state index in [-0.39, 0.29) is 5.91 Å². The summed E-state index contributed by atoms with van der Waals surface area (Å²) >= 11 is 0. The Hall–Kier alpha value is -3.94. The lowest BCUT2D eigenvalue weighted by molar-refractivity contribution is -0.114. The number of nitrogens with one attached hydrogen (secondary N) is 1. The second-order valence-corrected chi connectivity index (χ2v) is 6.87. The van der Waals surface area contributed by atoms with Crippen molar-refractivity contribution in [3.05, 3.63) is 72.2 Å². The van der Waals surface area contributed by atoms with E-state index in [2.05, 4.69) is 15.6 Å². The van der Waals surface area contributed by atoms with Crippen LogP contribution >= 0.6 is 0 Å². The first-order valence-electron chi connectivity index (χ1n) is 9.23. The number of anilines is 1. The predicted octanol–water partition coefficient (Wildman–Crippen LogP) is 3.03. The maximum absolute atomic E-state index is 11.3. The quantitative estimate of drug-likeness (QED) is 0.585. The van der Waals surface area contributed by atoms with Gasteiger partial charge in [0.1, 0.15) is 12.4 Å². The fraction of sp³-hybridized carbons (Fsp3) is 0.143. The van der Waals surface area contributed by atoms with Gasteiger partial charge in [0.2, 0.25) is 5.91 Å². The van der Waals surface area contributed by atoms with Crippen molar-refractivity contribution in [3.63, 3.8) is 0 Å². The smallest absolute Gasteiger partial charge is 0.221 e. The van der Waals surface area contributed by atoms with Crippen molar-refractivity contribution in [1.82, 2.24) is 24.8 Å². The van der Waals surface area contributed by atoms with Crippen LogP contribution in [-0.4, -0.2) is 30.7 Å². The second kappa shape index (κ2) is 6.90. The van der Waals surface area contributed by atoms with E-state index < -0.39 is 0 Å². The van der Waals surface area contributed by atoms with Crippen LogP contribution in [-0.2, 0) is 17.9 Å². The van der Waals surface area contributed by atoms with Gasteiger partial charge in [-0.3, -0.25) is 9.48 Å². The number of nitrogens with zero attached hydrogens (tertiary/aromatic N) is 5. The average molecular weight is 386 g/mol. The van der Waals surface area contributed by atoms with Gasteiger partial charge in [0, 0.05) is 29.8 Å². The van der Waals surface area contributed by atoms with Crippen LogP contribution in [0.15, 0.2) is 60.9 Å². The number of aromatic nitrogens is 5. The van der Waals surface area contributed by atoms with Gasteiger partial charge in [-0.2, -0.15) is 5.10 Å². The lowest BCUT2D eigenvalue weighted by atomic mass is 10.1. The van der Waals surface area contributed by atoms with Crippen LogP contribution in [0.25, 0.3) is 16.9 Å². The first-order chi connectivity index (χ1) is 14.2. The molecule has 0 fully saturated rings. The zero-order valence-electron chi connectivity index (χ0n) is 15.7. The van der Waals surface area contributed by atoms with E-state index in [0.29, 0.717) is 13.2 Å². The molecule has 0 spiro atoms. The molecule has 0 atom stereocenters. The normalized spacial score (nSPS) is 12.4. The second-order valence-electron chi connectivity index (χ2n) is 6.87. The Morgan fingerprint density at radius 3 is 2.76 bits per heavy atom. The van der Waals surface area contributed by atoms with Crippen LogP contribution in [0.5, 0.6) is 5.75 Å². The van der Waals surface area contributed by atoms with Crippen LogP contribution < -0.4 is 10.1 Å². The molecule has 0 saturated heterocycles. The fourth-order valence-corrected chi connectivity index (χ4v) is 3.39. The predicted molar refractivity (Wildman–Crippen MR) is 107 cm³/mol.